The summed E-state index contributed by atoms with van der Waals surface area (Å²) in [5, 5.41) is 8.13. The van der Waals surface area contributed by atoms with Crippen molar-refractivity contribution < 1.29 is 0 Å². The maximum Gasteiger partial charge on any atom is 0.115 e. The number of hydrogen-bond acceptors (Lipinski definition) is 6. The van der Waals surface area contributed by atoms with Crippen LogP contribution in [0.1, 0.15) is 5.69 Å². The molecule has 0 unspecified atom stereocenters. The van der Waals surface area contributed by atoms with Crippen molar-refractivity contribution in [2.24, 2.45) is 4.99 Å². The van der Waals surface area contributed by atoms with Crippen LogP contribution in [0, 0.1) is 0 Å². The minimum atomic E-state index is 0.698. The first-order valence-electron chi connectivity index (χ1n) is 18.7. The van der Waals surface area contributed by atoms with E-state index in [2.05, 4.69) is 160 Å². The van der Waals surface area contributed by atoms with E-state index in [1.807, 2.05) is 24.4 Å². The first kappa shape index (κ1) is 33.0. The standard InChI is InChI=1S/C50H34N6/c1-2-14-43-35(9-1)26-46(45-16-4-3-15-44(43)45)40-24-38(33-10-5-12-36(21-33)47-17-7-19-49(55-47)41-27-51-31-52-28-41)23-39(25-40)34-11-6-13-37(22-34)48-18-8-20-50(56-48)42-29-53-32-54-30-42/h1-29,31-32H,30H2,(H,53,54). The Kier molecular flexibility index (Phi) is 8.46. The van der Waals surface area contributed by atoms with Crippen LogP contribution in [0.25, 0.3) is 94.3 Å². The summed E-state index contributed by atoms with van der Waals surface area (Å²) >= 11 is 0. The molecule has 0 spiro atoms. The van der Waals surface area contributed by atoms with Crippen molar-refractivity contribution in [1.29, 1.82) is 0 Å². The number of rotatable bonds is 7. The molecular formula is C50H34N6. The van der Waals surface area contributed by atoms with Crippen LogP contribution in [0.15, 0.2) is 188 Å². The zero-order valence-electron chi connectivity index (χ0n) is 30.3. The van der Waals surface area contributed by atoms with E-state index < -0.39 is 0 Å². The minimum Gasteiger partial charge on any atom is -0.372 e. The van der Waals surface area contributed by atoms with Gasteiger partial charge in [-0.05, 0) is 116 Å². The number of nitrogens with one attached hydrogen (secondary N) is 1. The van der Waals surface area contributed by atoms with Gasteiger partial charge in [0.15, 0.2) is 0 Å². The second kappa shape index (κ2) is 14.3. The molecule has 0 saturated carbocycles. The zero-order chi connectivity index (χ0) is 37.3. The maximum atomic E-state index is 5.06. The molecule has 0 atom stereocenters. The number of pyridine rings is 2. The van der Waals surface area contributed by atoms with Crippen LogP contribution in [0.4, 0.5) is 0 Å². The molecule has 1 aliphatic rings. The first-order chi connectivity index (χ1) is 27.7. The van der Waals surface area contributed by atoms with Crippen molar-refractivity contribution in [2.75, 3.05) is 6.54 Å². The Bertz CT molecular complexity index is 2990. The largest absolute Gasteiger partial charge is 0.372 e. The minimum absolute atomic E-state index is 0.698. The van der Waals surface area contributed by atoms with Gasteiger partial charge < -0.3 is 5.32 Å². The summed E-state index contributed by atoms with van der Waals surface area (Å²) in [5.41, 5.74) is 14.4. The highest BCUT2D eigenvalue weighted by Gasteiger charge is 2.15. The fourth-order valence-electron chi connectivity index (χ4n) is 7.63. The number of nitrogens with zero attached hydrogens (tertiary/aromatic N) is 5. The lowest BCUT2D eigenvalue weighted by atomic mass is 9.88. The van der Waals surface area contributed by atoms with Gasteiger partial charge in [0, 0.05) is 47.4 Å². The Balaban J connectivity index is 1.13. The monoisotopic (exact) mass is 718 g/mol. The van der Waals surface area contributed by atoms with Crippen LogP contribution in [0.3, 0.4) is 0 Å². The molecule has 56 heavy (non-hydrogen) atoms. The van der Waals surface area contributed by atoms with Crippen molar-refractivity contribution in [1.82, 2.24) is 25.3 Å². The molecule has 9 aromatic rings. The molecule has 4 heterocycles. The van der Waals surface area contributed by atoms with Crippen molar-refractivity contribution >= 4 is 33.5 Å². The van der Waals surface area contributed by atoms with Crippen molar-refractivity contribution in [3.05, 3.63) is 188 Å². The second-order valence-corrected chi connectivity index (χ2v) is 13.9. The number of aliphatic imine (C=N–C) groups is 1. The van der Waals surface area contributed by atoms with Gasteiger partial charge in [-0.3, -0.25) is 0 Å². The predicted molar refractivity (Wildman–Crippen MR) is 230 cm³/mol. The molecule has 1 N–H and O–H groups in total. The van der Waals surface area contributed by atoms with E-state index in [1.54, 1.807) is 18.7 Å². The molecule has 6 nitrogen and oxygen atoms in total. The molecule has 1 aliphatic heterocycles. The third-order valence-corrected chi connectivity index (χ3v) is 10.4. The lowest BCUT2D eigenvalue weighted by molar-refractivity contribution is 1.04. The van der Waals surface area contributed by atoms with Gasteiger partial charge in [0.2, 0.25) is 0 Å². The quantitative estimate of drug-likeness (QED) is 0.166. The Morgan fingerprint density at radius 3 is 1.62 bits per heavy atom. The summed E-state index contributed by atoms with van der Waals surface area (Å²) in [6, 6.07) is 56.3. The molecule has 0 bridgehead atoms. The fourth-order valence-corrected chi connectivity index (χ4v) is 7.63. The summed E-state index contributed by atoms with van der Waals surface area (Å²) in [5.74, 6) is 0. The Morgan fingerprint density at radius 1 is 0.411 bits per heavy atom. The number of fused-ring (bicyclic) bond motifs is 3. The second-order valence-electron chi connectivity index (χ2n) is 13.9. The summed E-state index contributed by atoms with van der Waals surface area (Å²) in [6.07, 6.45) is 8.72. The van der Waals surface area contributed by atoms with Crippen LogP contribution in [-0.2, 0) is 0 Å². The third kappa shape index (κ3) is 6.39. The lowest BCUT2D eigenvalue weighted by Gasteiger charge is -2.16. The van der Waals surface area contributed by atoms with Gasteiger partial charge >= 0.3 is 0 Å². The molecule has 0 saturated heterocycles. The summed E-state index contributed by atoms with van der Waals surface area (Å²) < 4.78 is 0. The lowest BCUT2D eigenvalue weighted by Crippen LogP contribution is -2.17. The van der Waals surface area contributed by atoms with Crippen LogP contribution < -0.4 is 5.32 Å². The molecule has 0 aliphatic carbocycles. The van der Waals surface area contributed by atoms with Gasteiger partial charge in [-0.1, -0.05) is 97.1 Å². The van der Waals surface area contributed by atoms with Gasteiger partial charge in [-0.15, -0.1) is 0 Å². The van der Waals surface area contributed by atoms with E-state index in [0.29, 0.717) is 6.54 Å². The van der Waals surface area contributed by atoms with Gasteiger partial charge in [-0.25, -0.2) is 24.9 Å². The summed E-state index contributed by atoms with van der Waals surface area (Å²) in [6.45, 7) is 0.698. The Labute approximate surface area is 324 Å². The highest BCUT2D eigenvalue weighted by molar-refractivity contribution is 6.14. The SMILES string of the molecule is C1=NC=C(c2cccc(-c3cccc(-c4cc(-c5cccc(-c6cccc(-c7cncnc7)n6)c5)cc(-c5cc6ccccc6c6ccccc56)c4)c3)n2)CN1. The topological polar surface area (TPSA) is 76.0 Å². The highest BCUT2D eigenvalue weighted by Crippen LogP contribution is 2.40. The third-order valence-electron chi connectivity index (χ3n) is 10.4. The predicted octanol–water partition coefficient (Wildman–Crippen LogP) is 11.5. The highest BCUT2D eigenvalue weighted by atomic mass is 15.0. The molecule has 0 fully saturated rings. The molecular weight excluding hydrogens is 685 g/mol. The molecule has 0 amide bonds. The van der Waals surface area contributed by atoms with E-state index in [0.717, 1.165) is 72.9 Å². The molecule has 6 aromatic carbocycles. The molecule has 10 rings (SSSR count). The maximum absolute atomic E-state index is 5.06. The van der Waals surface area contributed by atoms with E-state index in [1.165, 1.54) is 33.4 Å². The average Bonchev–Trinajstić information content (AvgIpc) is 3.29. The molecule has 0 radical (unpaired) electrons. The molecule has 6 heteroatoms. The van der Waals surface area contributed by atoms with Gasteiger partial charge in [0.25, 0.3) is 0 Å². The van der Waals surface area contributed by atoms with E-state index in [-0.39, 0.29) is 0 Å². The van der Waals surface area contributed by atoms with E-state index in [9.17, 15) is 0 Å². The van der Waals surface area contributed by atoms with Crippen LogP contribution in [0.2, 0.25) is 0 Å². The Hall–Kier alpha value is -7.57. The van der Waals surface area contributed by atoms with Crippen molar-refractivity contribution in [2.45, 2.75) is 0 Å². The van der Waals surface area contributed by atoms with Crippen LogP contribution in [-0.4, -0.2) is 32.8 Å². The van der Waals surface area contributed by atoms with E-state index in [4.69, 9.17) is 9.97 Å². The average molecular weight is 719 g/mol. The zero-order valence-corrected chi connectivity index (χ0v) is 30.3. The fraction of sp³-hybridized carbons (Fsp3) is 0.0200. The first-order valence-corrected chi connectivity index (χ1v) is 18.7. The Morgan fingerprint density at radius 2 is 0.946 bits per heavy atom. The van der Waals surface area contributed by atoms with E-state index >= 15 is 0 Å². The normalized spacial score (nSPS) is 12.4. The number of aromatic nitrogens is 4. The molecule has 264 valence electrons. The summed E-state index contributed by atoms with van der Waals surface area (Å²) in [7, 11) is 0. The number of benzene rings is 6. The van der Waals surface area contributed by atoms with Crippen molar-refractivity contribution in [3.63, 3.8) is 0 Å². The number of hydrogen-bond donors (Lipinski definition) is 1. The summed E-state index contributed by atoms with van der Waals surface area (Å²) in [4.78, 5) is 22.8. The van der Waals surface area contributed by atoms with Crippen LogP contribution >= 0.6 is 0 Å². The van der Waals surface area contributed by atoms with Gasteiger partial charge in [0.05, 0.1) is 29.1 Å². The smallest absolute Gasteiger partial charge is 0.115 e. The van der Waals surface area contributed by atoms with Crippen LogP contribution in [0.5, 0.6) is 0 Å². The van der Waals surface area contributed by atoms with Gasteiger partial charge in [0.1, 0.15) is 6.33 Å². The van der Waals surface area contributed by atoms with Crippen molar-refractivity contribution in [3.8, 4) is 67.2 Å². The van der Waals surface area contributed by atoms with Gasteiger partial charge in [-0.2, -0.15) is 0 Å². The molecule has 3 aromatic heterocycles.